The summed E-state index contributed by atoms with van der Waals surface area (Å²) in [7, 11) is 0. The molecule has 0 unspecified atom stereocenters. The van der Waals surface area contributed by atoms with Crippen LogP contribution in [0.5, 0.6) is 0 Å². The number of hydrogen-bond acceptors (Lipinski definition) is 4. The number of rotatable bonds is 6. The summed E-state index contributed by atoms with van der Waals surface area (Å²) in [4.78, 5) is 14.7. The average Bonchev–Trinajstić information content (AvgIpc) is 2.66. The number of nitrogens with zero attached hydrogens (tertiary/aromatic N) is 1. The van der Waals surface area contributed by atoms with Crippen LogP contribution in [0.25, 0.3) is 0 Å². The van der Waals surface area contributed by atoms with Gasteiger partial charge in [-0.2, -0.15) is 0 Å². The highest BCUT2D eigenvalue weighted by molar-refractivity contribution is 5.86. The van der Waals surface area contributed by atoms with Crippen molar-refractivity contribution < 1.29 is 15.0 Å². The van der Waals surface area contributed by atoms with Crippen LogP contribution in [0.3, 0.4) is 0 Å². The van der Waals surface area contributed by atoms with Gasteiger partial charge in [0, 0.05) is 25.7 Å². The van der Waals surface area contributed by atoms with Crippen molar-refractivity contribution in [1.82, 2.24) is 10.2 Å². The fraction of sp³-hybridized carbons (Fsp3) is 0.682. The summed E-state index contributed by atoms with van der Waals surface area (Å²) >= 11 is 0. The molecule has 3 N–H and O–H groups in total. The minimum absolute atomic E-state index is 0.162. The average molecular weight is 375 g/mol. The number of amides is 1. The summed E-state index contributed by atoms with van der Waals surface area (Å²) in [6.07, 6.45) is 4.52. The molecule has 2 fully saturated rings. The van der Waals surface area contributed by atoms with Gasteiger partial charge in [-0.3, -0.25) is 4.79 Å². The summed E-state index contributed by atoms with van der Waals surface area (Å²) in [6, 6.07) is 8.70. The van der Waals surface area contributed by atoms with Gasteiger partial charge in [0.05, 0.1) is 6.10 Å². The number of benzene rings is 1. The van der Waals surface area contributed by atoms with Gasteiger partial charge in [0.1, 0.15) is 0 Å². The van der Waals surface area contributed by atoms with E-state index in [-0.39, 0.29) is 18.1 Å². The Bertz CT molecular complexity index is 623. The number of piperidine rings is 1. The monoisotopic (exact) mass is 374 g/mol. The predicted octanol–water partition coefficient (Wildman–Crippen LogP) is 2.56. The van der Waals surface area contributed by atoms with Crippen molar-refractivity contribution in [3.05, 3.63) is 35.4 Å². The summed E-state index contributed by atoms with van der Waals surface area (Å²) in [5.41, 5.74) is 1.08. The molecule has 5 heteroatoms. The largest absolute Gasteiger partial charge is 0.393 e. The van der Waals surface area contributed by atoms with Crippen molar-refractivity contribution in [2.45, 2.75) is 82.6 Å². The molecule has 27 heavy (non-hydrogen) atoms. The molecule has 1 atom stereocenters. The number of aliphatic hydroxyl groups excluding tert-OH is 1. The Hall–Kier alpha value is -1.43. The molecule has 1 heterocycles. The van der Waals surface area contributed by atoms with Gasteiger partial charge >= 0.3 is 0 Å². The van der Waals surface area contributed by atoms with E-state index in [0.29, 0.717) is 32.0 Å². The van der Waals surface area contributed by atoms with Crippen LogP contribution in [0.15, 0.2) is 24.3 Å². The first-order valence-corrected chi connectivity index (χ1v) is 10.4. The van der Waals surface area contributed by atoms with Crippen LogP contribution in [-0.4, -0.2) is 51.9 Å². The van der Waals surface area contributed by atoms with Crippen LogP contribution < -0.4 is 5.32 Å². The SMILES string of the molecule is CC(C)c1ccc(CN2CCC[C@@](O)(CNC3CCC(O)CC3)C2=O)cc1. The highest BCUT2D eigenvalue weighted by Crippen LogP contribution is 2.26. The van der Waals surface area contributed by atoms with Gasteiger partial charge in [-0.15, -0.1) is 0 Å². The molecule has 0 radical (unpaired) electrons. The lowest BCUT2D eigenvalue weighted by Crippen LogP contribution is -2.58. The topological polar surface area (TPSA) is 72.8 Å². The second-order valence-corrected chi connectivity index (χ2v) is 8.64. The lowest BCUT2D eigenvalue weighted by molar-refractivity contribution is -0.157. The molecule has 0 spiro atoms. The van der Waals surface area contributed by atoms with Crippen LogP contribution in [-0.2, 0) is 11.3 Å². The lowest BCUT2D eigenvalue weighted by Gasteiger charge is -2.39. The van der Waals surface area contributed by atoms with Crippen LogP contribution >= 0.6 is 0 Å². The minimum Gasteiger partial charge on any atom is -0.393 e. The van der Waals surface area contributed by atoms with Gasteiger partial charge in [0.2, 0.25) is 0 Å². The summed E-state index contributed by atoms with van der Waals surface area (Å²) in [5.74, 6) is 0.331. The third-order valence-electron chi connectivity index (χ3n) is 6.10. The third kappa shape index (κ3) is 5.09. The molecule has 3 rings (SSSR count). The molecule has 2 aliphatic rings. The fourth-order valence-electron chi connectivity index (χ4n) is 4.20. The zero-order valence-corrected chi connectivity index (χ0v) is 16.7. The van der Waals surface area contributed by atoms with Crippen LogP contribution in [0, 0.1) is 0 Å². The van der Waals surface area contributed by atoms with Crippen molar-refractivity contribution in [2.24, 2.45) is 0 Å². The van der Waals surface area contributed by atoms with Gasteiger partial charge in [0.25, 0.3) is 5.91 Å². The number of carbonyl (C=O) groups excluding carboxylic acids is 1. The van der Waals surface area contributed by atoms with Crippen molar-refractivity contribution >= 4 is 5.91 Å². The van der Waals surface area contributed by atoms with Gasteiger partial charge < -0.3 is 20.4 Å². The standard InChI is InChI=1S/C22H34N2O3/c1-16(2)18-6-4-17(5-7-18)14-24-13-3-12-22(27,21(24)26)15-23-19-8-10-20(25)11-9-19/h4-7,16,19-20,23,25,27H,3,8-15H2,1-2H3/t19?,20?,22-/m1/s1. The number of likely N-dealkylation sites (tertiary alicyclic amines) is 1. The third-order valence-corrected chi connectivity index (χ3v) is 6.10. The summed E-state index contributed by atoms with van der Waals surface area (Å²) in [5, 5.41) is 24.0. The Balaban J connectivity index is 1.57. The van der Waals surface area contributed by atoms with Crippen molar-refractivity contribution in [2.75, 3.05) is 13.1 Å². The molecular weight excluding hydrogens is 340 g/mol. The van der Waals surface area contributed by atoms with E-state index in [0.717, 1.165) is 37.7 Å². The highest BCUT2D eigenvalue weighted by atomic mass is 16.3. The maximum atomic E-state index is 12.9. The first-order valence-electron chi connectivity index (χ1n) is 10.4. The quantitative estimate of drug-likeness (QED) is 0.716. The molecule has 1 saturated heterocycles. The number of carbonyl (C=O) groups is 1. The molecule has 150 valence electrons. The maximum absolute atomic E-state index is 12.9. The Morgan fingerprint density at radius 1 is 1.19 bits per heavy atom. The van der Waals surface area contributed by atoms with Crippen LogP contribution in [0.4, 0.5) is 0 Å². The van der Waals surface area contributed by atoms with Gasteiger partial charge in [-0.1, -0.05) is 38.1 Å². The van der Waals surface area contributed by atoms with E-state index in [1.807, 2.05) is 0 Å². The zero-order valence-electron chi connectivity index (χ0n) is 16.7. The number of hydrogen-bond donors (Lipinski definition) is 3. The fourth-order valence-corrected chi connectivity index (χ4v) is 4.20. The second kappa shape index (κ2) is 8.72. The van der Waals surface area contributed by atoms with E-state index in [9.17, 15) is 15.0 Å². The molecule has 1 aliphatic heterocycles. The lowest BCUT2D eigenvalue weighted by atomic mass is 9.89. The van der Waals surface area contributed by atoms with E-state index in [2.05, 4.69) is 43.4 Å². The molecule has 1 aromatic rings. The molecular formula is C22H34N2O3. The Labute approximate surface area is 162 Å². The van der Waals surface area contributed by atoms with E-state index < -0.39 is 5.60 Å². The van der Waals surface area contributed by atoms with E-state index in [1.54, 1.807) is 4.90 Å². The van der Waals surface area contributed by atoms with Crippen molar-refractivity contribution in [3.8, 4) is 0 Å². The van der Waals surface area contributed by atoms with E-state index >= 15 is 0 Å². The van der Waals surface area contributed by atoms with E-state index in [4.69, 9.17) is 0 Å². The second-order valence-electron chi connectivity index (χ2n) is 8.64. The predicted molar refractivity (Wildman–Crippen MR) is 106 cm³/mol. The summed E-state index contributed by atoms with van der Waals surface area (Å²) < 4.78 is 0. The van der Waals surface area contributed by atoms with Crippen LogP contribution in [0.1, 0.15) is 69.4 Å². The molecule has 1 aromatic carbocycles. The smallest absolute Gasteiger partial charge is 0.256 e. The zero-order chi connectivity index (χ0) is 19.4. The highest BCUT2D eigenvalue weighted by Gasteiger charge is 2.42. The Morgan fingerprint density at radius 3 is 2.48 bits per heavy atom. The number of nitrogens with one attached hydrogen (secondary N) is 1. The van der Waals surface area contributed by atoms with Gasteiger partial charge in [-0.05, 0) is 55.6 Å². The molecule has 1 amide bonds. The minimum atomic E-state index is -1.31. The van der Waals surface area contributed by atoms with E-state index in [1.165, 1.54) is 5.56 Å². The molecule has 0 aromatic heterocycles. The molecule has 1 aliphatic carbocycles. The number of aliphatic hydroxyl groups is 2. The Morgan fingerprint density at radius 2 is 1.85 bits per heavy atom. The van der Waals surface area contributed by atoms with Gasteiger partial charge in [-0.25, -0.2) is 0 Å². The summed E-state index contributed by atoms with van der Waals surface area (Å²) in [6.45, 7) is 5.89. The molecule has 1 saturated carbocycles. The first kappa shape index (κ1) is 20.3. The first-order chi connectivity index (χ1) is 12.9. The van der Waals surface area contributed by atoms with Crippen LogP contribution in [0.2, 0.25) is 0 Å². The molecule has 5 nitrogen and oxygen atoms in total. The van der Waals surface area contributed by atoms with Crippen molar-refractivity contribution in [1.29, 1.82) is 0 Å². The van der Waals surface area contributed by atoms with Crippen molar-refractivity contribution in [3.63, 3.8) is 0 Å². The Kier molecular flexibility index (Phi) is 6.56. The van der Waals surface area contributed by atoms with Gasteiger partial charge in [0.15, 0.2) is 5.60 Å². The normalized spacial score (nSPS) is 29.4. The molecule has 0 bridgehead atoms. The maximum Gasteiger partial charge on any atom is 0.256 e.